The number of nitrogens with two attached hydrogens (primary N) is 3. The normalized spacial score (nSPS) is 12.2. The smallest absolute Gasteiger partial charge is 0.198 e. The van der Waals surface area contributed by atoms with Crippen molar-refractivity contribution in [2.75, 3.05) is 17.2 Å². The van der Waals surface area contributed by atoms with E-state index in [4.69, 9.17) is 26.7 Å². The molecule has 0 unspecified atom stereocenters. The third-order valence-electron chi connectivity index (χ3n) is 6.90. The monoisotopic (exact) mass is 493 g/mol. The summed E-state index contributed by atoms with van der Waals surface area (Å²) in [6, 6.07) is 15.8. The van der Waals surface area contributed by atoms with Crippen LogP contribution in [0.3, 0.4) is 0 Å². The molecule has 0 amide bonds. The first kappa shape index (κ1) is 23.9. The standard InChI is InChI=1S/C30H27N3O4/c1-14-5-7-18(11-16(14)3)36-22-10-9-20-24(27(22)32)30(35)25-21(31)13-23(28(33)26(25)29(20)34)37-19-8-6-15(2)17(4)12-19/h5-13H,31-33H2,1-4H3. The minimum absolute atomic E-state index is 0.0115. The average molecular weight is 494 g/mol. The van der Waals surface area contributed by atoms with Crippen LogP contribution in [0, 0.1) is 27.7 Å². The zero-order chi connectivity index (χ0) is 26.6. The number of ether oxygens (including phenoxy) is 2. The van der Waals surface area contributed by atoms with Crippen molar-refractivity contribution in [1.29, 1.82) is 0 Å². The molecule has 0 fully saturated rings. The van der Waals surface area contributed by atoms with Crippen molar-refractivity contribution in [3.63, 3.8) is 0 Å². The fourth-order valence-electron chi connectivity index (χ4n) is 4.45. The predicted octanol–water partition coefficient (Wildman–Crippen LogP) is 6.03. The highest BCUT2D eigenvalue weighted by atomic mass is 16.5. The SMILES string of the molecule is Cc1ccc(Oc2ccc3c(c2N)C(=O)c2c(N)cc(Oc4ccc(C)c(C)c4)c(N)c2C3=O)cc1C. The van der Waals surface area contributed by atoms with Gasteiger partial charge in [-0.05, 0) is 86.3 Å². The Morgan fingerprint density at radius 1 is 0.541 bits per heavy atom. The second kappa shape index (κ2) is 8.71. The highest BCUT2D eigenvalue weighted by Gasteiger charge is 2.37. The van der Waals surface area contributed by atoms with Crippen molar-refractivity contribution in [2.45, 2.75) is 27.7 Å². The molecular formula is C30H27N3O4. The van der Waals surface area contributed by atoms with E-state index in [9.17, 15) is 9.59 Å². The summed E-state index contributed by atoms with van der Waals surface area (Å²) < 4.78 is 12.0. The van der Waals surface area contributed by atoms with E-state index in [1.165, 1.54) is 12.1 Å². The first-order valence-corrected chi connectivity index (χ1v) is 11.8. The van der Waals surface area contributed by atoms with E-state index in [1.807, 2.05) is 58.0 Å². The number of carbonyl (C=O) groups is 2. The van der Waals surface area contributed by atoms with Gasteiger partial charge in [-0.25, -0.2) is 0 Å². The summed E-state index contributed by atoms with van der Waals surface area (Å²) >= 11 is 0. The van der Waals surface area contributed by atoms with Crippen LogP contribution in [0.4, 0.5) is 17.1 Å². The highest BCUT2D eigenvalue weighted by Crippen LogP contribution is 2.44. The van der Waals surface area contributed by atoms with Crippen LogP contribution in [-0.4, -0.2) is 11.6 Å². The van der Waals surface area contributed by atoms with Crippen LogP contribution in [0.5, 0.6) is 23.0 Å². The lowest BCUT2D eigenvalue weighted by Gasteiger charge is -2.24. The highest BCUT2D eigenvalue weighted by molar-refractivity contribution is 6.33. The molecule has 0 radical (unpaired) electrons. The fourth-order valence-corrected chi connectivity index (χ4v) is 4.45. The minimum Gasteiger partial charge on any atom is -0.455 e. The number of hydrogen-bond acceptors (Lipinski definition) is 7. The largest absolute Gasteiger partial charge is 0.455 e. The number of rotatable bonds is 4. The number of anilines is 3. The van der Waals surface area contributed by atoms with Crippen LogP contribution < -0.4 is 26.7 Å². The Balaban J connectivity index is 1.56. The molecule has 0 aliphatic heterocycles. The molecule has 0 spiro atoms. The summed E-state index contributed by atoms with van der Waals surface area (Å²) in [5.74, 6) is 0.640. The van der Waals surface area contributed by atoms with Gasteiger partial charge in [0.15, 0.2) is 23.1 Å². The van der Waals surface area contributed by atoms with Gasteiger partial charge in [-0.1, -0.05) is 12.1 Å². The summed E-state index contributed by atoms with van der Waals surface area (Å²) in [6.07, 6.45) is 0. The molecule has 1 aliphatic rings. The molecule has 7 nitrogen and oxygen atoms in total. The first-order valence-electron chi connectivity index (χ1n) is 11.8. The van der Waals surface area contributed by atoms with E-state index in [-0.39, 0.29) is 50.8 Å². The van der Waals surface area contributed by atoms with Gasteiger partial charge in [-0.15, -0.1) is 0 Å². The second-order valence-corrected chi connectivity index (χ2v) is 9.38. The van der Waals surface area contributed by atoms with E-state index in [0.717, 1.165) is 22.3 Å². The molecule has 6 N–H and O–H groups in total. The third-order valence-corrected chi connectivity index (χ3v) is 6.90. The maximum absolute atomic E-state index is 13.6. The molecule has 0 heterocycles. The van der Waals surface area contributed by atoms with Gasteiger partial charge < -0.3 is 26.7 Å². The van der Waals surface area contributed by atoms with Crippen LogP contribution >= 0.6 is 0 Å². The second-order valence-electron chi connectivity index (χ2n) is 9.38. The Bertz CT molecular complexity index is 1640. The molecule has 0 atom stereocenters. The number of carbonyl (C=O) groups excluding carboxylic acids is 2. The van der Waals surface area contributed by atoms with Gasteiger partial charge in [0.05, 0.1) is 28.1 Å². The Morgan fingerprint density at radius 3 is 1.65 bits per heavy atom. The van der Waals surface area contributed by atoms with Crippen LogP contribution in [-0.2, 0) is 0 Å². The van der Waals surface area contributed by atoms with E-state index < -0.39 is 11.6 Å². The van der Waals surface area contributed by atoms with E-state index >= 15 is 0 Å². The van der Waals surface area contributed by atoms with Gasteiger partial charge in [0, 0.05) is 17.3 Å². The summed E-state index contributed by atoms with van der Waals surface area (Å²) in [7, 11) is 0. The van der Waals surface area contributed by atoms with Crippen LogP contribution in [0.25, 0.3) is 0 Å². The zero-order valence-electron chi connectivity index (χ0n) is 21.1. The van der Waals surface area contributed by atoms with Gasteiger partial charge in [0.25, 0.3) is 0 Å². The Kier molecular flexibility index (Phi) is 5.63. The first-order chi connectivity index (χ1) is 17.6. The van der Waals surface area contributed by atoms with E-state index in [2.05, 4.69) is 0 Å². The van der Waals surface area contributed by atoms with E-state index in [1.54, 1.807) is 12.1 Å². The minimum atomic E-state index is -0.491. The summed E-state index contributed by atoms with van der Waals surface area (Å²) in [5.41, 5.74) is 23.8. The number of ketones is 2. The van der Waals surface area contributed by atoms with Crippen LogP contribution in [0.1, 0.15) is 54.1 Å². The average Bonchev–Trinajstić information content (AvgIpc) is 2.85. The topological polar surface area (TPSA) is 131 Å². The number of hydrogen-bond donors (Lipinski definition) is 3. The van der Waals surface area contributed by atoms with Crippen molar-refractivity contribution >= 4 is 28.6 Å². The number of benzene rings is 4. The Labute approximate surface area is 214 Å². The summed E-state index contributed by atoms with van der Waals surface area (Å²) in [4.78, 5) is 27.2. The van der Waals surface area contributed by atoms with Crippen LogP contribution in [0.15, 0.2) is 54.6 Å². The molecule has 37 heavy (non-hydrogen) atoms. The number of fused-ring (bicyclic) bond motifs is 2. The predicted molar refractivity (Wildman–Crippen MR) is 145 cm³/mol. The van der Waals surface area contributed by atoms with Crippen molar-refractivity contribution in [1.82, 2.24) is 0 Å². The molecule has 186 valence electrons. The van der Waals surface area contributed by atoms with Gasteiger partial charge in [0.2, 0.25) is 0 Å². The Morgan fingerprint density at radius 2 is 1.08 bits per heavy atom. The van der Waals surface area contributed by atoms with E-state index in [0.29, 0.717) is 11.5 Å². The lowest BCUT2D eigenvalue weighted by Crippen LogP contribution is -2.25. The molecule has 0 bridgehead atoms. The van der Waals surface area contributed by atoms with Gasteiger partial charge >= 0.3 is 0 Å². The molecule has 4 aromatic carbocycles. The fraction of sp³-hybridized carbons (Fsp3) is 0.133. The lowest BCUT2D eigenvalue weighted by atomic mass is 9.81. The molecule has 0 saturated heterocycles. The van der Waals surface area contributed by atoms with Crippen molar-refractivity contribution in [3.8, 4) is 23.0 Å². The van der Waals surface area contributed by atoms with Crippen molar-refractivity contribution in [2.24, 2.45) is 0 Å². The molecular weight excluding hydrogens is 466 g/mol. The van der Waals surface area contributed by atoms with Gasteiger partial charge in [0.1, 0.15) is 11.5 Å². The summed E-state index contributed by atoms with van der Waals surface area (Å²) in [5, 5.41) is 0. The molecule has 0 aromatic heterocycles. The molecule has 7 heteroatoms. The molecule has 1 aliphatic carbocycles. The van der Waals surface area contributed by atoms with Gasteiger partial charge in [-0.3, -0.25) is 9.59 Å². The molecule has 5 rings (SSSR count). The zero-order valence-corrected chi connectivity index (χ0v) is 21.1. The number of aryl methyl sites for hydroxylation is 4. The maximum Gasteiger partial charge on any atom is 0.198 e. The maximum atomic E-state index is 13.6. The molecule has 0 saturated carbocycles. The van der Waals surface area contributed by atoms with Gasteiger partial charge in [-0.2, -0.15) is 0 Å². The molecule has 4 aromatic rings. The number of nitrogen functional groups attached to an aromatic ring is 3. The van der Waals surface area contributed by atoms with Crippen molar-refractivity contribution in [3.05, 3.63) is 99.1 Å². The summed E-state index contributed by atoms with van der Waals surface area (Å²) in [6.45, 7) is 7.94. The van der Waals surface area contributed by atoms with Crippen LogP contribution in [0.2, 0.25) is 0 Å². The van der Waals surface area contributed by atoms with Crippen molar-refractivity contribution < 1.29 is 19.1 Å². The Hall–Kier alpha value is -4.78. The lowest BCUT2D eigenvalue weighted by molar-refractivity contribution is 0.0980. The quantitative estimate of drug-likeness (QED) is 0.261. The third kappa shape index (κ3) is 3.94.